The number of hydrogen-bond donors (Lipinski definition) is 1. The molecule has 0 saturated heterocycles. The Hall–Kier alpha value is -1.82. The molecular weight excluding hydrogens is 258 g/mol. The Morgan fingerprint density at radius 1 is 1.35 bits per heavy atom. The molecule has 0 radical (unpaired) electrons. The third-order valence-corrected chi connectivity index (χ3v) is 3.36. The molecule has 6 nitrogen and oxygen atoms in total. The van der Waals surface area contributed by atoms with E-state index in [-0.39, 0.29) is 16.8 Å². The second-order valence-corrected chi connectivity index (χ2v) is 4.43. The van der Waals surface area contributed by atoms with Crippen molar-refractivity contribution in [3.05, 3.63) is 28.3 Å². The van der Waals surface area contributed by atoms with Gasteiger partial charge in [-0.1, -0.05) is 20.8 Å². The van der Waals surface area contributed by atoms with Crippen molar-refractivity contribution >= 4 is 11.4 Å². The molecule has 0 aliphatic carbocycles. The van der Waals surface area contributed by atoms with Crippen LogP contribution in [0.2, 0.25) is 0 Å². The highest BCUT2D eigenvalue weighted by molar-refractivity contribution is 5.64. The van der Waals surface area contributed by atoms with Crippen molar-refractivity contribution in [2.75, 3.05) is 25.5 Å². The van der Waals surface area contributed by atoms with Crippen LogP contribution in [-0.4, -0.2) is 36.2 Å². The third kappa shape index (κ3) is 3.84. The molecule has 20 heavy (non-hydrogen) atoms. The molecule has 1 aromatic carbocycles. The first kappa shape index (κ1) is 16.2. The van der Waals surface area contributed by atoms with E-state index in [0.717, 1.165) is 19.5 Å². The highest BCUT2D eigenvalue weighted by Crippen LogP contribution is 2.30. The summed E-state index contributed by atoms with van der Waals surface area (Å²) in [5.41, 5.74) is 0.560. The number of benzene rings is 1. The van der Waals surface area contributed by atoms with Crippen LogP contribution in [0.15, 0.2) is 18.2 Å². The van der Waals surface area contributed by atoms with Crippen molar-refractivity contribution in [1.29, 1.82) is 0 Å². The Bertz CT molecular complexity index is 447. The number of anilines is 1. The molecule has 6 heteroatoms. The number of hydrogen-bond acceptors (Lipinski definition) is 5. The molecular formula is C14H23N3O3. The van der Waals surface area contributed by atoms with Crippen LogP contribution in [0, 0.1) is 10.1 Å². The molecule has 1 unspecified atom stereocenters. The van der Waals surface area contributed by atoms with Crippen LogP contribution in [0.5, 0.6) is 5.75 Å². The molecule has 0 aliphatic rings. The van der Waals surface area contributed by atoms with Crippen molar-refractivity contribution < 1.29 is 9.66 Å². The summed E-state index contributed by atoms with van der Waals surface area (Å²) in [4.78, 5) is 13.0. The summed E-state index contributed by atoms with van der Waals surface area (Å²) in [6.45, 7) is 7.99. The Morgan fingerprint density at radius 3 is 2.45 bits per heavy atom. The largest absolute Gasteiger partial charge is 0.497 e. The molecule has 0 spiro atoms. The molecule has 0 bridgehead atoms. The fourth-order valence-electron chi connectivity index (χ4n) is 2.21. The van der Waals surface area contributed by atoms with E-state index in [1.807, 2.05) is 0 Å². The number of rotatable bonds is 8. The fraction of sp³-hybridized carbons (Fsp3) is 0.571. The van der Waals surface area contributed by atoms with Gasteiger partial charge in [0, 0.05) is 12.1 Å². The summed E-state index contributed by atoms with van der Waals surface area (Å²) >= 11 is 0. The number of nitrogens with zero attached hydrogens (tertiary/aromatic N) is 2. The highest BCUT2D eigenvalue weighted by Gasteiger charge is 2.20. The number of nitro benzene ring substituents is 1. The summed E-state index contributed by atoms with van der Waals surface area (Å²) in [6.07, 6.45) is 0.923. The average molecular weight is 281 g/mol. The van der Waals surface area contributed by atoms with Crippen LogP contribution in [0.3, 0.4) is 0 Å². The zero-order valence-electron chi connectivity index (χ0n) is 12.5. The van der Waals surface area contributed by atoms with Crippen molar-refractivity contribution in [2.24, 2.45) is 0 Å². The van der Waals surface area contributed by atoms with Gasteiger partial charge in [0.1, 0.15) is 11.4 Å². The van der Waals surface area contributed by atoms with Gasteiger partial charge in [-0.25, -0.2) is 0 Å². The lowest BCUT2D eigenvalue weighted by Crippen LogP contribution is -2.40. The van der Waals surface area contributed by atoms with Crippen LogP contribution in [-0.2, 0) is 0 Å². The SMILES string of the molecule is CCC(Nc1cc(OC)ccc1[N+](=O)[O-])N(CC)CC. The maximum Gasteiger partial charge on any atom is 0.292 e. The molecule has 1 aromatic rings. The van der Waals surface area contributed by atoms with E-state index < -0.39 is 0 Å². The minimum Gasteiger partial charge on any atom is -0.497 e. The van der Waals surface area contributed by atoms with Crippen molar-refractivity contribution in [1.82, 2.24) is 4.90 Å². The normalized spacial score (nSPS) is 12.2. The van der Waals surface area contributed by atoms with E-state index in [1.165, 1.54) is 6.07 Å². The predicted molar refractivity (Wildman–Crippen MR) is 80.3 cm³/mol. The third-order valence-electron chi connectivity index (χ3n) is 3.36. The van der Waals surface area contributed by atoms with E-state index in [2.05, 4.69) is 31.0 Å². The lowest BCUT2D eigenvalue weighted by Gasteiger charge is -2.30. The molecule has 0 amide bonds. The van der Waals surface area contributed by atoms with Gasteiger partial charge < -0.3 is 10.1 Å². The van der Waals surface area contributed by atoms with Gasteiger partial charge in [0.05, 0.1) is 18.2 Å². The molecule has 0 aliphatic heterocycles. The van der Waals surface area contributed by atoms with Crippen LogP contribution in [0.1, 0.15) is 27.2 Å². The first-order valence-electron chi connectivity index (χ1n) is 6.90. The minimum atomic E-state index is -0.378. The Labute approximate surface area is 119 Å². The maximum atomic E-state index is 11.1. The molecule has 0 aromatic heterocycles. The van der Waals surface area contributed by atoms with Gasteiger partial charge in [-0.3, -0.25) is 15.0 Å². The summed E-state index contributed by atoms with van der Waals surface area (Å²) in [5.74, 6) is 0.604. The highest BCUT2D eigenvalue weighted by atomic mass is 16.6. The predicted octanol–water partition coefficient (Wildman–Crippen LogP) is 3.09. The Morgan fingerprint density at radius 2 is 2.00 bits per heavy atom. The molecule has 0 saturated carbocycles. The van der Waals surface area contributed by atoms with Crippen LogP contribution >= 0.6 is 0 Å². The van der Waals surface area contributed by atoms with Crippen LogP contribution < -0.4 is 10.1 Å². The molecule has 1 atom stereocenters. The number of nitrogens with one attached hydrogen (secondary N) is 1. The summed E-state index contributed by atoms with van der Waals surface area (Å²) in [7, 11) is 1.55. The van der Waals surface area contributed by atoms with Gasteiger partial charge in [-0.15, -0.1) is 0 Å². The fourth-order valence-corrected chi connectivity index (χ4v) is 2.21. The zero-order valence-corrected chi connectivity index (χ0v) is 12.5. The quantitative estimate of drug-likeness (QED) is 0.450. The summed E-state index contributed by atoms with van der Waals surface area (Å²) < 4.78 is 5.14. The van der Waals surface area contributed by atoms with E-state index in [0.29, 0.717) is 11.4 Å². The van der Waals surface area contributed by atoms with Gasteiger partial charge >= 0.3 is 0 Å². The number of nitro groups is 1. The summed E-state index contributed by atoms with van der Waals surface area (Å²) in [6, 6.07) is 4.74. The minimum absolute atomic E-state index is 0.0656. The van der Waals surface area contributed by atoms with Crippen LogP contribution in [0.25, 0.3) is 0 Å². The molecule has 0 heterocycles. The van der Waals surface area contributed by atoms with Gasteiger partial charge in [0.15, 0.2) is 0 Å². The van der Waals surface area contributed by atoms with Crippen LogP contribution in [0.4, 0.5) is 11.4 Å². The molecule has 1 N–H and O–H groups in total. The molecule has 0 fully saturated rings. The van der Waals surface area contributed by atoms with Gasteiger partial charge in [0.2, 0.25) is 0 Å². The van der Waals surface area contributed by atoms with Gasteiger partial charge in [-0.2, -0.15) is 0 Å². The van der Waals surface area contributed by atoms with E-state index in [1.54, 1.807) is 19.2 Å². The van der Waals surface area contributed by atoms with Crippen molar-refractivity contribution in [3.63, 3.8) is 0 Å². The topological polar surface area (TPSA) is 67.6 Å². The van der Waals surface area contributed by atoms with E-state index in [9.17, 15) is 10.1 Å². The summed E-state index contributed by atoms with van der Waals surface area (Å²) in [5, 5.41) is 14.4. The Kier molecular flexibility index (Phi) is 6.24. The lowest BCUT2D eigenvalue weighted by molar-refractivity contribution is -0.384. The van der Waals surface area contributed by atoms with Gasteiger partial charge in [-0.05, 0) is 25.6 Å². The van der Waals surface area contributed by atoms with Crippen molar-refractivity contribution in [2.45, 2.75) is 33.4 Å². The standard InChI is InChI=1S/C14H23N3O3/c1-5-14(16(6-2)7-3)15-12-10-11(20-4)8-9-13(12)17(18)19/h8-10,14-15H,5-7H2,1-4H3. The lowest BCUT2D eigenvalue weighted by atomic mass is 10.2. The smallest absolute Gasteiger partial charge is 0.292 e. The van der Waals surface area contributed by atoms with Gasteiger partial charge in [0.25, 0.3) is 5.69 Å². The Balaban J connectivity index is 3.06. The second-order valence-electron chi connectivity index (χ2n) is 4.43. The zero-order chi connectivity index (χ0) is 15.1. The number of methoxy groups -OCH3 is 1. The average Bonchev–Trinajstić information content (AvgIpc) is 2.46. The van der Waals surface area contributed by atoms with E-state index in [4.69, 9.17) is 4.74 Å². The van der Waals surface area contributed by atoms with E-state index >= 15 is 0 Å². The first-order chi connectivity index (χ1) is 9.57. The monoisotopic (exact) mass is 281 g/mol. The molecule has 112 valence electrons. The molecule has 1 rings (SSSR count). The second kappa shape index (κ2) is 7.69. The number of ether oxygens (including phenoxy) is 1. The first-order valence-corrected chi connectivity index (χ1v) is 6.90. The van der Waals surface area contributed by atoms with Crippen molar-refractivity contribution in [3.8, 4) is 5.75 Å². The maximum absolute atomic E-state index is 11.1.